The topological polar surface area (TPSA) is 101 Å². The van der Waals surface area contributed by atoms with Crippen LogP contribution in [0.2, 0.25) is 0 Å². The Morgan fingerprint density at radius 3 is 2.39 bits per heavy atom. The Bertz CT molecular complexity index is 892. The number of ether oxygens (including phenoxy) is 1. The first-order valence-electron chi connectivity index (χ1n) is 10.8. The van der Waals surface area contributed by atoms with E-state index in [1.54, 1.807) is 19.9 Å². The van der Waals surface area contributed by atoms with E-state index in [1.807, 2.05) is 0 Å². The van der Waals surface area contributed by atoms with Crippen LogP contribution in [-0.4, -0.2) is 53.8 Å². The van der Waals surface area contributed by atoms with Gasteiger partial charge in [0.15, 0.2) is 6.17 Å². The van der Waals surface area contributed by atoms with E-state index in [9.17, 15) is 28.7 Å². The van der Waals surface area contributed by atoms with Crippen LogP contribution in [0.5, 0.6) is 5.75 Å². The normalized spacial score (nSPS) is 26.4. The fourth-order valence-corrected chi connectivity index (χ4v) is 4.06. The summed E-state index contributed by atoms with van der Waals surface area (Å²) in [7, 11) is 0. The molecule has 1 aromatic carbocycles. The third kappa shape index (κ3) is 5.11. The summed E-state index contributed by atoms with van der Waals surface area (Å²) in [5.74, 6) is -5.13. The first-order valence-corrected chi connectivity index (χ1v) is 10.8. The fraction of sp³-hybridized carbons (Fsp3) is 0.565. The van der Waals surface area contributed by atoms with Gasteiger partial charge in [-0.05, 0) is 56.6 Å². The second-order valence-electron chi connectivity index (χ2n) is 8.45. The molecule has 1 fully saturated rings. The standard InChI is InChI=1S/C23H28FNO6/c1-13-10-17(24)21(28)22(29)18(26)7-5-6-15-11-16(25-8-3-4-9-25)12-19(27)20(15)23(30)31-14(13)2/h11-14,17,27H,3-10H2,1-2H3/t13-,14-,17?/m0/s1. The molecule has 2 heterocycles. The number of Topliss-reactive ketones (excluding diaryl/α,β-unsaturated/α-hetero) is 3. The number of carbonyl (C=O) groups excluding carboxylic acids is 4. The van der Waals surface area contributed by atoms with Gasteiger partial charge in [0, 0.05) is 31.3 Å². The Morgan fingerprint density at radius 1 is 1.03 bits per heavy atom. The lowest BCUT2D eigenvalue weighted by Crippen LogP contribution is -2.34. The number of ketones is 3. The summed E-state index contributed by atoms with van der Waals surface area (Å²) in [6.45, 7) is 4.84. The van der Waals surface area contributed by atoms with Crippen molar-refractivity contribution in [3.63, 3.8) is 0 Å². The number of esters is 1. The van der Waals surface area contributed by atoms with Crippen molar-refractivity contribution < 1.29 is 33.4 Å². The van der Waals surface area contributed by atoms with E-state index >= 15 is 0 Å². The highest BCUT2D eigenvalue weighted by Crippen LogP contribution is 2.33. The van der Waals surface area contributed by atoms with Crippen LogP contribution in [0, 0.1) is 5.92 Å². The van der Waals surface area contributed by atoms with Crippen LogP contribution >= 0.6 is 0 Å². The molecule has 0 amide bonds. The van der Waals surface area contributed by atoms with Gasteiger partial charge in [-0.15, -0.1) is 0 Å². The highest BCUT2D eigenvalue weighted by Gasteiger charge is 2.33. The second-order valence-corrected chi connectivity index (χ2v) is 8.45. The van der Waals surface area contributed by atoms with Crippen molar-refractivity contribution in [1.82, 2.24) is 0 Å². The van der Waals surface area contributed by atoms with E-state index in [4.69, 9.17) is 4.74 Å². The Morgan fingerprint density at radius 2 is 1.71 bits per heavy atom. The molecular weight excluding hydrogens is 405 g/mol. The number of aromatic hydroxyl groups is 1. The van der Waals surface area contributed by atoms with Crippen LogP contribution in [-0.2, 0) is 25.5 Å². The third-order valence-electron chi connectivity index (χ3n) is 6.14. The van der Waals surface area contributed by atoms with Crippen LogP contribution in [0.1, 0.15) is 61.9 Å². The number of phenolic OH excluding ortho intramolecular Hbond substituents is 1. The third-order valence-corrected chi connectivity index (χ3v) is 6.14. The number of rotatable bonds is 1. The zero-order chi connectivity index (χ0) is 22.7. The summed E-state index contributed by atoms with van der Waals surface area (Å²) in [6.07, 6.45) is -1.02. The Kier molecular flexibility index (Phi) is 7.08. The molecule has 2 aliphatic heterocycles. The Labute approximate surface area is 180 Å². The summed E-state index contributed by atoms with van der Waals surface area (Å²) < 4.78 is 19.7. The second kappa shape index (κ2) is 9.58. The number of halogens is 1. The number of anilines is 1. The summed E-state index contributed by atoms with van der Waals surface area (Å²) in [5.41, 5.74) is 1.31. The van der Waals surface area contributed by atoms with Crippen LogP contribution in [0.15, 0.2) is 12.1 Å². The van der Waals surface area contributed by atoms with E-state index in [1.165, 1.54) is 6.07 Å². The van der Waals surface area contributed by atoms with Crippen LogP contribution in [0.4, 0.5) is 10.1 Å². The van der Waals surface area contributed by atoms with Crippen molar-refractivity contribution in [3.05, 3.63) is 23.3 Å². The SMILES string of the molecule is C[C@@H]1OC(=O)c2c(O)cc(N3CCCC3)cc2CCCC(=O)C(=O)C(=O)C(F)C[C@@H]1C. The average Bonchev–Trinajstić information content (AvgIpc) is 3.26. The molecule has 7 nitrogen and oxygen atoms in total. The minimum Gasteiger partial charge on any atom is -0.507 e. The van der Waals surface area contributed by atoms with Crippen LogP contribution < -0.4 is 4.90 Å². The Hall–Kier alpha value is -2.77. The summed E-state index contributed by atoms with van der Waals surface area (Å²) >= 11 is 0. The minimum absolute atomic E-state index is 0.0192. The fourth-order valence-electron chi connectivity index (χ4n) is 4.06. The summed E-state index contributed by atoms with van der Waals surface area (Å²) in [4.78, 5) is 51.1. The lowest BCUT2D eigenvalue weighted by Gasteiger charge is -2.24. The molecule has 0 saturated carbocycles. The number of benzene rings is 1. The molecule has 8 heteroatoms. The molecule has 2 aliphatic rings. The van der Waals surface area contributed by atoms with Gasteiger partial charge in [-0.25, -0.2) is 9.18 Å². The molecule has 168 valence electrons. The highest BCUT2D eigenvalue weighted by molar-refractivity contribution is 6.64. The minimum atomic E-state index is -2.13. The van der Waals surface area contributed by atoms with Crippen molar-refractivity contribution in [3.8, 4) is 5.75 Å². The van der Waals surface area contributed by atoms with E-state index in [-0.39, 0.29) is 37.0 Å². The van der Waals surface area contributed by atoms with Gasteiger partial charge in [-0.3, -0.25) is 14.4 Å². The quantitative estimate of drug-likeness (QED) is 0.537. The van der Waals surface area contributed by atoms with Crippen molar-refractivity contribution in [2.24, 2.45) is 5.92 Å². The number of alkyl halides is 1. The molecule has 31 heavy (non-hydrogen) atoms. The first-order chi connectivity index (χ1) is 14.7. The van der Waals surface area contributed by atoms with Gasteiger partial charge in [-0.2, -0.15) is 0 Å². The number of cyclic esters (lactones) is 1. The Balaban J connectivity index is 1.96. The molecule has 0 radical (unpaired) electrons. The molecular formula is C23H28FNO6. The zero-order valence-electron chi connectivity index (χ0n) is 17.9. The molecule has 3 rings (SSSR count). The van der Waals surface area contributed by atoms with Gasteiger partial charge < -0.3 is 14.7 Å². The number of carbonyl (C=O) groups is 4. The number of hydrogen-bond acceptors (Lipinski definition) is 7. The maximum absolute atomic E-state index is 14.3. The molecule has 0 bridgehead atoms. The van der Waals surface area contributed by atoms with Crippen molar-refractivity contribution in [1.29, 1.82) is 0 Å². The number of fused-ring (bicyclic) bond motifs is 1. The molecule has 1 aromatic rings. The van der Waals surface area contributed by atoms with E-state index < -0.39 is 41.5 Å². The molecule has 0 aliphatic carbocycles. The summed E-state index contributed by atoms with van der Waals surface area (Å²) in [5, 5.41) is 10.6. The number of phenols is 1. The summed E-state index contributed by atoms with van der Waals surface area (Å²) in [6, 6.07) is 3.34. The van der Waals surface area contributed by atoms with Gasteiger partial charge in [-0.1, -0.05) is 6.92 Å². The van der Waals surface area contributed by atoms with E-state index in [0.717, 1.165) is 31.6 Å². The van der Waals surface area contributed by atoms with Crippen LogP contribution in [0.25, 0.3) is 0 Å². The van der Waals surface area contributed by atoms with E-state index in [2.05, 4.69) is 4.90 Å². The first kappa shape index (κ1) is 22.9. The highest BCUT2D eigenvalue weighted by atomic mass is 19.1. The number of aryl methyl sites for hydroxylation is 1. The predicted octanol–water partition coefficient (Wildman–Crippen LogP) is 2.95. The average molecular weight is 433 g/mol. The van der Waals surface area contributed by atoms with E-state index in [0.29, 0.717) is 5.56 Å². The maximum Gasteiger partial charge on any atom is 0.342 e. The van der Waals surface area contributed by atoms with Gasteiger partial charge >= 0.3 is 5.97 Å². The predicted molar refractivity (Wildman–Crippen MR) is 111 cm³/mol. The van der Waals surface area contributed by atoms with Gasteiger partial charge in [0.25, 0.3) is 5.78 Å². The molecule has 0 aromatic heterocycles. The van der Waals surface area contributed by atoms with Gasteiger partial charge in [0.1, 0.15) is 17.4 Å². The molecule has 1 saturated heterocycles. The van der Waals surface area contributed by atoms with Crippen molar-refractivity contribution in [2.75, 3.05) is 18.0 Å². The molecule has 1 N–H and O–H groups in total. The molecule has 3 atom stereocenters. The largest absolute Gasteiger partial charge is 0.507 e. The van der Waals surface area contributed by atoms with Gasteiger partial charge in [0.05, 0.1) is 0 Å². The lowest BCUT2D eigenvalue weighted by molar-refractivity contribution is -0.146. The molecule has 1 unspecified atom stereocenters. The number of hydrogen-bond donors (Lipinski definition) is 1. The monoisotopic (exact) mass is 433 g/mol. The molecule has 0 spiro atoms. The van der Waals surface area contributed by atoms with Crippen LogP contribution in [0.3, 0.4) is 0 Å². The van der Waals surface area contributed by atoms with Crippen molar-refractivity contribution >= 4 is 29.0 Å². The lowest BCUT2D eigenvalue weighted by atomic mass is 9.93. The number of nitrogens with zero attached hydrogens (tertiary/aromatic N) is 1. The van der Waals surface area contributed by atoms with Crippen molar-refractivity contribution in [2.45, 2.75) is 64.6 Å². The van der Waals surface area contributed by atoms with Gasteiger partial charge in [0.2, 0.25) is 11.6 Å². The zero-order valence-corrected chi connectivity index (χ0v) is 17.9. The smallest absolute Gasteiger partial charge is 0.342 e. The maximum atomic E-state index is 14.3.